The maximum Gasteiger partial charge on any atom is 0.416 e. The number of nitrogens with one attached hydrogen (secondary N) is 1. The van der Waals surface area contributed by atoms with Crippen LogP contribution in [0.1, 0.15) is 49.0 Å². The number of hydrogen-bond acceptors (Lipinski definition) is 3. The van der Waals surface area contributed by atoms with Gasteiger partial charge in [0.25, 0.3) is 5.91 Å². The number of pyridine rings is 1. The number of primary amides is 1. The van der Waals surface area contributed by atoms with Crippen LogP contribution in [0.2, 0.25) is 0 Å². The van der Waals surface area contributed by atoms with Gasteiger partial charge in [0.15, 0.2) is 0 Å². The van der Waals surface area contributed by atoms with Crippen LogP contribution in [0.4, 0.5) is 17.6 Å². The molecule has 2 aromatic carbocycles. The summed E-state index contributed by atoms with van der Waals surface area (Å²) in [7, 11) is 0. The lowest BCUT2D eigenvalue weighted by Crippen LogP contribution is -2.21. The van der Waals surface area contributed by atoms with Crippen molar-refractivity contribution in [2.24, 2.45) is 5.73 Å². The van der Waals surface area contributed by atoms with E-state index in [1.54, 1.807) is 12.1 Å². The Morgan fingerprint density at radius 3 is 2.45 bits per heavy atom. The topological polar surface area (TPSA) is 85.1 Å². The van der Waals surface area contributed by atoms with Gasteiger partial charge in [-0.05, 0) is 30.2 Å². The van der Waals surface area contributed by atoms with Crippen molar-refractivity contribution < 1.29 is 27.2 Å². The highest BCUT2D eigenvalue weighted by atomic mass is 19.4. The van der Waals surface area contributed by atoms with Crippen LogP contribution in [0.15, 0.2) is 48.8 Å². The Kier molecular flexibility index (Phi) is 4.76. The number of nitrogens with two attached hydrogens (primary N) is 1. The predicted molar refractivity (Wildman–Crippen MR) is 104 cm³/mol. The molecule has 0 radical (unpaired) electrons. The minimum absolute atomic E-state index is 0.0177. The molecule has 9 heteroatoms. The average molecular weight is 429 g/mol. The normalized spacial score (nSPS) is 15.5. The van der Waals surface area contributed by atoms with Crippen LogP contribution < -0.4 is 11.1 Å². The molecule has 2 amide bonds. The standard InChI is InChI=1S/C22H15F4N3O2/c1-10-4-2-3-5-12(10)19-18-14(8-28-9-15(18)21(31)29-19)17-13(20(27)30)6-11(7-16(17)23)22(24,25)26/h2-9,19H,1H3,(H2,27,30)(H,29,31). The van der Waals surface area contributed by atoms with Crippen LogP contribution in [-0.4, -0.2) is 16.8 Å². The fourth-order valence-electron chi connectivity index (χ4n) is 3.83. The molecule has 0 saturated carbocycles. The molecular weight excluding hydrogens is 414 g/mol. The fourth-order valence-corrected chi connectivity index (χ4v) is 3.83. The van der Waals surface area contributed by atoms with Gasteiger partial charge in [0.1, 0.15) is 5.82 Å². The van der Waals surface area contributed by atoms with Crippen molar-refractivity contribution >= 4 is 11.8 Å². The fraction of sp³-hybridized carbons (Fsp3) is 0.136. The summed E-state index contributed by atoms with van der Waals surface area (Å²) in [6, 6.07) is 7.28. The largest absolute Gasteiger partial charge is 0.416 e. The molecule has 0 saturated heterocycles. The summed E-state index contributed by atoms with van der Waals surface area (Å²) in [5.74, 6) is -2.99. The van der Waals surface area contributed by atoms with Crippen LogP contribution >= 0.6 is 0 Å². The molecule has 1 unspecified atom stereocenters. The summed E-state index contributed by atoms with van der Waals surface area (Å²) in [5, 5.41) is 2.79. The van der Waals surface area contributed by atoms with Gasteiger partial charge in [-0.3, -0.25) is 14.6 Å². The van der Waals surface area contributed by atoms with Gasteiger partial charge in [-0.25, -0.2) is 4.39 Å². The van der Waals surface area contributed by atoms with E-state index in [0.29, 0.717) is 17.7 Å². The molecule has 3 N–H and O–H groups in total. The van der Waals surface area contributed by atoms with Crippen molar-refractivity contribution in [2.75, 3.05) is 0 Å². The summed E-state index contributed by atoms with van der Waals surface area (Å²) >= 11 is 0. The van der Waals surface area contributed by atoms with E-state index < -0.39 is 46.5 Å². The molecule has 5 nitrogen and oxygen atoms in total. The highest BCUT2D eigenvalue weighted by Crippen LogP contribution is 2.42. The number of fused-ring (bicyclic) bond motifs is 1. The summed E-state index contributed by atoms with van der Waals surface area (Å²) < 4.78 is 54.5. The van der Waals surface area contributed by atoms with Gasteiger partial charge >= 0.3 is 6.18 Å². The second-order valence-electron chi connectivity index (χ2n) is 7.15. The average Bonchev–Trinajstić information content (AvgIpc) is 3.04. The molecule has 1 aromatic heterocycles. The number of aromatic nitrogens is 1. The first-order chi connectivity index (χ1) is 14.6. The van der Waals surface area contributed by atoms with Crippen molar-refractivity contribution in [3.8, 4) is 11.1 Å². The smallest absolute Gasteiger partial charge is 0.366 e. The third-order valence-corrected chi connectivity index (χ3v) is 5.25. The van der Waals surface area contributed by atoms with Crippen molar-refractivity contribution in [1.82, 2.24) is 10.3 Å². The number of amides is 2. The molecule has 4 rings (SSSR count). The molecule has 3 aromatic rings. The number of halogens is 4. The van der Waals surface area contributed by atoms with Crippen LogP contribution in [-0.2, 0) is 6.18 Å². The molecular formula is C22H15F4N3O2. The van der Waals surface area contributed by atoms with E-state index in [9.17, 15) is 22.8 Å². The van der Waals surface area contributed by atoms with Crippen molar-refractivity contribution in [2.45, 2.75) is 19.1 Å². The maximum absolute atomic E-state index is 15.0. The lowest BCUT2D eigenvalue weighted by molar-refractivity contribution is -0.137. The zero-order valence-corrected chi connectivity index (χ0v) is 16.0. The Bertz CT molecular complexity index is 1240. The minimum atomic E-state index is -4.87. The lowest BCUT2D eigenvalue weighted by Gasteiger charge is -2.20. The number of carbonyl (C=O) groups excluding carboxylic acids is 2. The van der Waals surface area contributed by atoms with Crippen LogP contribution in [0.25, 0.3) is 11.1 Å². The Balaban J connectivity index is 2.02. The van der Waals surface area contributed by atoms with Crippen molar-refractivity contribution in [3.63, 3.8) is 0 Å². The number of rotatable bonds is 3. The second kappa shape index (κ2) is 7.19. The van der Waals surface area contributed by atoms with E-state index in [-0.39, 0.29) is 11.1 Å². The highest BCUT2D eigenvalue weighted by molar-refractivity contribution is 6.05. The zero-order valence-electron chi connectivity index (χ0n) is 16.0. The van der Waals surface area contributed by atoms with Crippen molar-refractivity contribution in [1.29, 1.82) is 0 Å². The number of aryl methyl sites for hydroxylation is 1. The predicted octanol–water partition coefficient (Wildman–Crippen LogP) is 4.15. The molecule has 0 spiro atoms. The third kappa shape index (κ3) is 3.41. The van der Waals surface area contributed by atoms with Crippen LogP contribution in [0, 0.1) is 12.7 Å². The SMILES string of the molecule is Cc1ccccc1C1NC(=O)c2cncc(-c3c(F)cc(C(F)(F)F)cc3C(N)=O)c21. The summed E-state index contributed by atoms with van der Waals surface area (Å²) in [6.45, 7) is 1.83. The van der Waals surface area contributed by atoms with E-state index in [1.165, 1.54) is 12.4 Å². The quantitative estimate of drug-likeness (QED) is 0.614. The minimum Gasteiger partial charge on any atom is -0.366 e. The number of hydrogen-bond donors (Lipinski definition) is 2. The van der Waals surface area contributed by atoms with Gasteiger partial charge in [0.2, 0.25) is 5.91 Å². The molecule has 1 atom stereocenters. The summed E-state index contributed by atoms with van der Waals surface area (Å²) in [4.78, 5) is 28.5. The Hall–Kier alpha value is -3.75. The molecule has 1 aliphatic rings. The first-order valence-electron chi connectivity index (χ1n) is 9.14. The Morgan fingerprint density at radius 2 is 1.81 bits per heavy atom. The van der Waals surface area contributed by atoms with Crippen molar-refractivity contribution in [3.05, 3.63) is 88.0 Å². The van der Waals surface area contributed by atoms with E-state index in [4.69, 9.17) is 5.73 Å². The number of carbonyl (C=O) groups is 2. The third-order valence-electron chi connectivity index (χ3n) is 5.25. The summed E-state index contributed by atoms with van der Waals surface area (Å²) in [6.07, 6.45) is -2.37. The van der Waals surface area contributed by atoms with Gasteiger partial charge < -0.3 is 11.1 Å². The van der Waals surface area contributed by atoms with E-state index in [1.807, 2.05) is 19.1 Å². The maximum atomic E-state index is 15.0. The van der Waals surface area contributed by atoms with Gasteiger partial charge in [0.05, 0.1) is 22.7 Å². The molecule has 0 fully saturated rings. The first kappa shape index (κ1) is 20.5. The molecule has 31 heavy (non-hydrogen) atoms. The Morgan fingerprint density at radius 1 is 1.13 bits per heavy atom. The number of benzene rings is 2. The van der Waals surface area contributed by atoms with Gasteiger partial charge in [0, 0.05) is 29.1 Å². The second-order valence-corrected chi connectivity index (χ2v) is 7.15. The molecule has 1 aliphatic heterocycles. The highest BCUT2D eigenvalue weighted by Gasteiger charge is 2.37. The first-order valence-corrected chi connectivity index (χ1v) is 9.14. The van der Waals surface area contributed by atoms with Gasteiger partial charge in [-0.1, -0.05) is 24.3 Å². The Labute approximate surface area is 173 Å². The summed E-state index contributed by atoms with van der Waals surface area (Å²) in [5.41, 5.74) is 4.91. The van der Waals surface area contributed by atoms with E-state index in [2.05, 4.69) is 10.3 Å². The monoisotopic (exact) mass is 429 g/mol. The van der Waals surface area contributed by atoms with Gasteiger partial charge in [-0.15, -0.1) is 0 Å². The molecule has 158 valence electrons. The van der Waals surface area contributed by atoms with E-state index >= 15 is 4.39 Å². The van der Waals surface area contributed by atoms with Crippen LogP contribution in [0.5, 0.6) is 0 Å². The molecule has 0 bridgehead atoms. The number of nitrogens with zero attached hydrogens (tertiary/aromatic N) is 1. The van der Waals surface area contributed by atoms with Gasteiger partial charge in [-0.2, -0.15) is 13.2 Å². The number of alkyl halides is 3. The van der Waals surface area contributed by atoms with Crippen LogP contribution in [0.3, 0.4) is 0 Å². The lowest BCUT2D eigenvalue weighted by atomic mass is 9.87. The molecule has 0 aliphatic carbocycles. The zero-order chi connectivity index (χ0) is 22.5. The van der Waals surface area contributed by atoms with E-state index in [0.717, 1.165) is 11.1 Å². The molecule has 2 heterocycles.